The van der Waals surface area contributed by atoms with Crippen molar-refractivity contribution >= 4 is 45.1 Å². The summed E-state index contributed by atoms with van der Waals surface area (Å²) in [5, 5.41) is 3.95. The number of aryl methyl sites for hydroxylation is 1. The van der Waals surface area contributed by atoms with Gasteiger partial charge < -0.3 is 19.7 Å². The maximum Gasteiger partial charge on any atom is 0.341 e. The monoisotopic (exact) mass is 493 g/mol. The Labute approximate surface area is 207 Å². The number of fused-ring (bicyclic) bond motifs is 3. The van der Waals surface area contributed by atoms with Crippen molar-refractivity contribution in [1.29, 1.82) is 0 Å². The first-order valence-corrected chi connectivity index (χ1v) is 12.6. The van der Waals surface area contributed by atoms with E-state index >= 15 is 0 Å². The Morgan fingerprint density at radius 2 is 1.86 bits per heavy atom. The molecule has 2 aliphatic rings. The Balaban J connectivity index is 1.37. The van der Waals surface area contributed by atoms with Gasteiger partial charge in [-0.25, -0.2) is 9.59 Å². The van der Waals surface area contributed by atoms with Crippen LogP contribution in [0, 0.1) is 0 Å². The van der Waals surface area contributed by atoms with Crippen LogP contribution in [0.15, 0.2) is 24.3 Å². The van der Waals surface area contributed by atoms with Crippen LogP contribution in [0.1, 0.15) is 55.3 Å². The lowest BCUT2D eigenvalue weighted by Gasteiger charge is -2.26. The Morgan fingerprint density at radius 3 is 2.69 bits per heavy atom. The molecule has 3 heterocycles. The molecule has 1 aliphatic heterocycles. The van der Waals surface area contributed by atoms with Crippen molar-refractivity contribution in [3.05, 3.63) is 57.1 Å². The fraction of sp³-hybridized carbons (Fsp3) is 0.385. The number of hydrogen-bond donors (Lipinski definition) is 1. The van der Waals surface area contributed by atoms with Gasteiger partial charge in [0.25, 0.3) is 5.91 Å². The SMILES string of the molecule is COC(=O)c1c(NC(=O)COC(=O)c2c3c(nc4ccccc24)CCN(C)C3)sc2c1CCCC2. The summed E-state index contributed by atoms with van der Waals surface area (Å²) in [5.41, 5.74) is 4.32. The van der Waals surface area contributed by atoms with E-state index in [1.54, 1.807) is 0 Å². The minimum absolute atomic E-state index is 0.420. The minimum atomic E-state index is -0.552. The summed E-state index contributed by atoms with van der Waals surface area (Å²) in [4.78, 5) is 46.4. The summed E-state index contributed by atoms with van der Waals surface area (Å²) in [5.74, 6) is -1.51. The molecule has 0 saturated carbocycles. The van der Waals surface area contributed by atoms with Crippen molar-refractivity contribution in [2.24, 2.45) is 0 Å². The van der Waals surface area contributed by atoms with Crippen LogP contribution in [0.2, 0.25) is 0 Å². The highest BCUT2D eigenvalue weighted by Crippen LogP contribution is 2.38. The van der Waals surface area contributed by atoms with Crippen molar-refractivity contribution < 1.29 is 23.9 Å². The maximum absolute atomic E-state index is 13.3. The molecule has 0 atom stereocenters. The predicted molar refractivity (Wildman–Crippen MR) is 133 cm³/mol. The van der Waals surface area contributed by atoms with Crippen molar-refractivity contribution in [3.8, 4) is 0 Å². The van der Waals surface area contributed by atoms with Gasteiger partial charge in [0, 0.05) is 41.0 Å². The first-order chi connectivity index (χ1) is 17.0. The Kier molecular flexibility index (Phi) is 6.53. The van der Waals surface area contributed by atoms with Gasteiger partial charge in [0.1, 0.15) is 5.00 Å². The molecule has 3 aromatic rings. The van der Waals surface area contributed by atoms with Crippen molar-refractivity contribution in [3.63, 3.8) is 0 Å². The van der Waals surface area contributed by atoms with Crippen molar-refractivity contribution in [1.82, 2.24) is 9.88 Å². The number of hydrogen-bond acceptors (Lipinski definition) is 8. The summed E-state index contributed by atoms with van der Waals surface area (Å²) in [7, 11) is 3.33. The van der Waals surface area contributed by atoms with Crippen molar-refractivity contribution in [2.45, 2.75) is 38.6 Å². The molecule has 0 saturated heterocycles. The number of thiophene rings is 1. The second kappa shape index (κ2) is 9.75. The van der Waals surface area contributed by atoms with Gasteiger partial charge in [0.2, 0.25) is 0 Å². The van der Waals surface area contributed by atoms with E-state index in [-0.39, 0.29) is 0 Å². The molecule has 1 amide bonds. The Hall–Kier alpha value is -3.30. The number of benzene rings is 1. The fourth-order valence-corrected chi connectivity index (χ4v) is 6.19. The second-order valence-electron chi connectivity index (χ2n) is 8.95. The number of carbonyl (C=O) groups excluding carboxylic acids is 3. The zero-order valence-electron chi connectivity index (χ0n) is 19.8. The average Bonchev–Trinajstić information content (AvgIpc) is 3.23. The molecule has 182 valence electrons. The fourth-order valence-electron chi connectivity index (χ4n) is 4.90. The number of likely N-dealkylation sites (N-methyl/N-ethyl adjacent to an activating group) is 1. The van der Waals surface area contributed by atoms with Crippen molar-refractivity contribution in [2.75, 3.05) is 32.6 Å². The Bertz CT molecular complexity index is 1330. The van der Waals surface area contributed by atoms with E-state index in [2.05, 4.69) is 10.2 Å². The van der Waals surface area contributed by atoms with E-state index in [4.69, 9.17) is 14.5 Å². The van der Waals surface area contributed by atoms with E-state index in [9.17, 15) is 14.4 Å². The molecular formula is C26H27N3O5S. The average molecular weight is 494 g/mol. The van der Waals surface area contributed by atoms with Gasteiger partial charge in [0.05, 0.1) is 23.8 Å². The quantitative estimate of drug-likeness (QED) is 0.541. The topological polar surface area (TPSA) is 97.8 Å². The molecule has 1 aromatic carbocycles. The normalized spacial score (nSPS) is 15.3. The summed E-state index contributed by atoms with van der Waals surface area (Å²) in [6.45, 7) is 0.999. The van der Waals surface area contributed by atoms with Crippen LogP contribution in [0.5, 0.6) is 0 Å². The maximum atomic E-state index is 13.3. The van der Waals surface area contributed by atoms with Gasteiger partial charge in [-0.15, -0.1) is 11.3 Å². The van der Waals surface area contributed by atoms with Gasteiger partial charge in [-0.1, -0.05) is 18.2 Å². The molecule has 5 rings (SSSR count). The Morgan fingerprint density at radius 1 is 1.06 bits per heavy atom. The summed E-state index contributed by atoms with van der Waals surface area (Å²) in [6.07, 6.45) is 4.47. The van der Waals surface area contributed by atoms with Crippen LogP contribution < -0.4 is 5.32 Å². The number of nitrogens with one attached hydrogen (secondary N) is 1. The molecule has 1 aliphatic carbocycles. The zero-order chi connectivity index (χ0) is 24.5. The molecule has 0 bridgehead atoms. The highest BCUT2D eigenvalue weighted by Gasteiger charge is 2.28. The molecule has 0 fully saturated rings. The van der Waals surface area contributed by atoms with Gasteiger partial charge in [-0.05, 0) is 44.4 Å². The number of amides is 1. The molecule has 0 spiro atoms. The number of ether oxygens (including phenoxy) is 2. The number of methoxy groups -OCH3 is 1. The number of esters is 2. The molecular weight excluding hydrogens is 466 g/mol. The third kappa shape index (κ3) is 4.53. The number of para-hydroxylation sites is 1. The van der Waals surface area contributed by atoms with E-state index in [0.717, 1.165) is 65.9 Å². The van der Waals surface area contributed by atoms with E-state index in [1.165, 1.54) is 18.4 Å². The van der Waals surface area contributed by atoms with E-state index in [1.807, 2.05) is 31.3 Å². The number of rotatable bonds is 5. The lowest BCUT2D eigenvalue weighted by molar-refractivity contribution is -0.119. The highest BCUT2D eigenvalue weighted by molar-refractivity contribution is 7.17. The van der Waals surface area contributed by atoms with Crippen LogP contribution in [-0.4, -0.2) is 55.0 Å². The van der Waals surface area contributed by atoms with Gasteiger partial charge >= 0.3 is 11.9 Å². The van der Waals surface area contributed by atoms with Crippen LogP contribution in [-0.2, 0) is 40.1 Å². The number of carbonyl (C=O) groups is 3. The standard InChI is InChI=1S/C26H27N3O5S/c1-29-12-11-19-17(13-29)22(15-7-3-5-9-18(15)27-19)26(32)34-14-21(30)28-24-23(25(31)33-2)16-8-4-6-10-20(16)35-24/h3,5,7,9H,4,6,8,10-14H2,1-2H3,(H,28,30). The zero-order valence-corrected chi connectivity index (χ0v) is 20.6. The third-order valence-corrected chi connectivity index (χ3v) is 7.80. The molecule has 2 aromatic heterocycles. The summed E-state index contributed by atoms with van der Waals surface area (Å²) >= 11 is 1.40. The van der Waals surface area contributed by atoms with E-state index < -0.39 is 24.5 Å². The molecule has 8 nitrogen and oxygen atoms in total. The lowest BCUT2D eigenvalue weighted by atomic mass is 9.95. The number of anilines is 1. The number of aromatic nitrogens is 1. The molecule has 0 radical (unpaired) electrons. The predicted octanol–water partition coefficient (Wildman–Crippen LogP) is 3.75. The lowest BCUT2D eigenvalue weighted by Crippen LogP contribution is -2.30. The second-order valence-corrected chi connectivity index (χ2v) is 10.1. The largest absolute Gasteiger partial charge is 0.465 e. The first kappa shape index (κ1) is 23.4. The summed E-state index contributed by atoms with van der Waals surface area (Å²) < 4.78 is 10.5. The molecule has 0 unspecified atom stereocenters. The van der Waals surface area contributed by atoms with E-state index in [0.29, 0.717) is 28.1 Å². The van der Waals surface area contributed by atoms with Gasteiger partial charge in [-0.3, -0.25) is 9.78 Å². The van der Waals surface area contributed by atoms with Crippen LogP contribution in [0.4, 0.5) is 5.00 Å². The molecule has 1 N–H and O–H groups in total. The molecule has 35 heavy (non-hydrogen) atoms. The molecule has 9 heteroatoms. The van der Waals surface area contributed by atoms with Gasteiger partial charge in [0.15, 0.2) is 6.61 Å². The minimum Gasteiger partial charge on any atom is -0.465 e. The third-order valence-electron chi connectivity index (χ3n) is 6.59. The van der Waals surface area contributed by atoms with Crippen LogP contribution in [0.3, 0.4) is 0 Å². The highest BCUT2D eigenvalue weighted by atomic mass is 32.1. The first-order valence-electron chi connectivity index (χ1n) is 11.7. The number of nitrogens with zero attached hydrogens (tertiary/aromatic N) is 2. The smallest absolute Gasteiger partial charge is 0.341 e. The number of pyridine rings is 1. The van der Waals surface area contributed by atoms with Gasteiger partial charge in [-0.2, -0.15) is 0 Å². The summed E-state index contributed by atoms with van der Waals surface area (Å²) in [6, 6.07) is 7.48. The van der Waals surface area contributed by atoms with Crippen LogP contribution in [0.25, 0.3) is 10.9 Å². The van der Waals surface area contributed by atoms with Crippen LogP contribution >= 0.6 is 11.3 Å².